The number of hydrogen-bond acceptors (Lipinski definition) is 4. The first-order chi connectivity index (χ1) is 11.4. The summed E-state index contributed by atoms with van der Waals surface area (Å²) in [4.78, 5) is 20.9. The minimum absolute atomic E-state index is 0.221. The summed E-state index contributed by atoms with van der Waals surface area (Å²) in [6.07, 6.45) is 2.40. The summed E-state index contributed by atoms with van der Waals surface area (Å²) in [5.74, 6) is 0.771. The Bertz CT molecular complexity index is 712. The molecule has 5 nitrogen and oxygen atoms in total. The highest BCUT2D eigenvalue weighted by Crippen LogP contribution is 2.27. The summed E-state index contributed by atoms with van der Waals surface area (Å²) in [7, 11) is 0. The lowest BCUT2D eigenvalue weighted by molar-refractivity contribution is 0.102. The predicted molar refractivity (Wildman–Crippen MR) is 98.6 cm³/mol. The zero-order valence-electron chi connectivity index (χ0n) is 15.1. The lowest BCUT2D eigenvalue weighted by atomic mass is 9.98. The normalized spacial score (nSPS) is 12.1. The second-order valence-electron chi connectivity index (χ2n) is 6.39. The molecular formula is C19H26N4O. The molecule has 0 radical (unpaired) electrons. The quantitative estimate of drug-likeness (QED) is 0.827. The highest BCUT2D eigenvalue weighted by Gasteiger charge is 2.15. The maximum absolute atomic E-state index is 12.6. The number of benzene rings is 1. The maximum atomic E-state index is 12.6. The van der Waals surface area contributed by atoms with Crippen LogP contribution in [0.1, 0.15) is 61.6 Å². The number of hydrogen-bond donors (Lipinski definition) is 2. The molecule has 0 saturated carbocycles. The largest absolute Gasteiger partial charge is 0.368 e. The average Bonchev–Trinajstić information content (AvgIpc) is 2.56. The summed E-state index contributed by atoms with van der Waals surface area (Å²) in [5.41, 5.74) is 3.39. The smallest absolute Gasteiger partial charge is 0.274 e. The molecule has 1 heterocycles. The van der Waals surface area contributed by atoms with Gasteiger partial charge in [0, 0.05) is 17.8 Å². The SMILES string of the molecule is CCC(C)Nc1cc(C(=O)Nc2c(C)cccc2C(C)C)ncn1. The Labute approximate surface area is 143 Å². The standard InChI is InChI=1S/C19H26N4O/c1-6-14(5)22-17-10-16(20-11-21-17)19(24)23-18-13(4)8-7-9-15(18)12(2)3/h7-12,14H,6H2,1-5H3,(H,23,24)(H,20,21,22). The molecule has 24 heavy (non-hydrogen) atoms. The number of carbonyl (C=O) groups is 1. The van der Waals surface area contributed by atoms with E-state index in [1.807, 2.05) is 25.1 Å². The van der Waals surface area contributed by atoms with Gasteiger partial charge in [-0.3, -0.25) is 4.79 Å². The topological polar surface area (TPSA) is 66.9 Å². The first-order valence-electron chi connectivity index (χ1n) is 8.41. The van der Waals surface area contributed by atoms with Crippen molar-refractivity contribution in [3.8, 4) is 0 Å². The number of anilines is 2. The molecule has 0 aliphatic heterocycles. The van der Waals surface area contributed by atoms with Crippen molar-refractivity contribution >= 4 is 17.4 Å². The van der Waals surface area contributed by atoms with Crippen LogP contribution in [-0.2, 0) is 0 Å². The van der Waals surface area contributed by atoms with E-state index in [9.17, 15) is 4.79 Å². The molecule has 2 N–H and O–H groups in total. The molecule has 2 aromatic rings. The number of rotatable bonds is 6. The molecule has 0 saturated heterocycles. The van der Waals surface area contributed by atoms with Gasteiger partial charge in [0.2, 0.25) is 0 Å². The Morgan fingerprint density at radius 2 is 1.96 bits per heavy atom. The third kappa shape index (κ3) is 4.31. The molecule has 0 bridgehead atoms. The molecule has 1 amide bonds. The van der Waals surface area contributed by atoms with Crippen molar-refractivity contribution in [2.45, 2.75) is 53.0 Å². The zero-order valence-corrected chi connectivity index (χ0v) is 15.1. The van der Waals surface area contributed by atoms with E-state index >= 15 is 0 Å². The van der Waals surface area contributed by atoms with Crippen LogP contribution in [0.5, 0.6) is 0 Å². The highest BCUT2D eigenvalue weighted by atomic mass is 16.1. The van der Waals surface area contributed by atoms with Crippen LogP contribution < -0.4 is 10.6 Å². The number of aromatic nitrogens is 2. The van der Waals surface area contributed by atoms with E-state index < -0.39 is 0 Å². The lowest BCUT2D eigenvalue weighted by Gasteiger charge is -2.16. The molecule has 1 atom stereocenters. The summed E-state index contributed by atoms with van der Waals surface area (Å²) in [5, 5.41) is 6.27. The third-order valence-electron chi connectivity index (χ3n) is 4.07. The number of para-hydroxylation sites is 1. The molecular weight excluding hydrogens is 300 g/mol. The lowest BCUT2D eigenvalue weighted by Crippen LogP contribution is -2.18. The summed E-state index contributed by atoms with van der Waals surface area (Å²) < 4.78 is 0. The second-order valence-corrected chi connectivity index (χ2v) is 6.39. The molecule has 5 heteroatoms. The van der Waals surface area contributed by atoms with E-state index in [0.717, 1.165) is 23.2 Å². The Hall–Kier alpha value is -2.43. The van der Waals surface area contributed by atoms with Crippen molar-refractivity contribution in [2.24, 2.45) is 0 Å². The van der Waals surface area contributed by atoms with Gasteiger partial charge in [0.15, 0.2) is 0 Å². The molecule has 1 unspecified atom stereocenters. The van der Waals surface area contributed by atoms with E-state index in [-0.39, 0.29) is 5.91 Å². The third-order valence-corrected chi connectivity index (χ3v) is 4.07. The first-order valence-corrected chi connectivity index (χ1v) is 8.41. The average molecular weight is 326 g/mol. The van der Waals surface area contributed by atoms with Crippen LogP contribution in [-0.4, -0.2) is 21.9 Å². The van der Waals surface area contributed by atoms with Gasteiger partial charge < -0.3 is 10.6 Å². The van der Waals surface area contributed by atoms with Crippen molar-refractivity contribution in [1.29, 1.82) is 0 Å². The molecule has 0 spiro atoms. The van der Waals surface area contributed by atoms with Crippen LogP contribution in [0.3, 0.4) is 0 Å². The van der Waals surface area contributed by atoms with Gasteiger partial charge in [0.25, 0.3) is 5.91 Å². The summed E-state index contributed by atoms with van der Waals surface area (Å²) >= 11 is 0. The van der Waals surface area contributed by atoms with Gasteiger partial charge in [-0.25, -0.2) is 9.97 Å². The van der Waals surface area contributed by atoms with Gasteiger partial charge in [-0.05, 0) is 37.3 Å². The zero-order chi connectivity index (χ0) is 17.7. The van der Waals surface area contributed by atoms with Crippen molar-refractivity contribution in [3.05, 3.63) is 47.4 Å². The Kier molecular flexibility index (Phi) is 5.90. The fourth-order valence-electron chi connectivity index (χ4n) is 2.43. The van der Waals surface area contributed by atoms with Gasteiger partial charge in [0.05, 0.1) is 0 Å². The van der Waals surface area contributed by atoms with Crippen molar-refractivity contribution < 1.29 is 4.79 Å². The molecule has 1 aromatic carbocycles. The maximum Gasteiger partial charge on any atom is 0.274 e. The summed E-state index contributed by atoms with van der Waals surface area (Å²) in [6.45, 7) is 10.4. The molecule has 0 fully saturated rings. The Morgan fingerprint density at radius 1 is 1.21 bits per heavy atom. The first kappa shape index (κ1) is 17.9. The number of nitrogens with zero attached hydrogens (tertiary/aromatic N) is 2. The highest BCUT2D eigenvalue weighted by molar-refractivity contribution is 6.04. The monoisotopic (exact) mass is 326 g/mol. The minimum Gasteiger partial charge on any atom is -0.368 e. The van der Waals surface area contributed by atoms with Gasteiger partial charge >= 0.3 is 0 Å². The molecule has 1 aromatic heterocycles. The second kappa shape index (κ2) is 7.90. The van der Waals surface area contributed by atoms with Crippen LogP contribution in [0.2, 0.25) is 0 Å². The van der Waals surface area contributed by atoms with Gasteiger partial charge in [-0.2, -0.15) is 0 Å². The van der Waals surface area contributed by atoms with Gasteiger partial charge in [-0.15, -0.1) is 0 Å². The number of aryl methyl sites for hydroxylation is 1. The van der Waals surface area contributed by atoms with E-state index in [1.165, 1.54) is 6.33 Å². The minimum atomic E-state index is -0.221. The fourth-order valence-corrected chi connectivity index (χ4v) is 2.43. The molecule has 0 aliphatic rings. The Morgan fingerprint density at radius 3 is 2.62 bits per heavy atom. The number of amides is 1. The molecule has 2 rings (SSSR count). The van der Waals surface area contributed by atoms with Crippen LogP contribution in [0.4, 0.5) is 11.5 Å². The van der Waals surface area contributed by atoms with Crippen LogP contribution in [0.15, 0.2) is 30.6 Å². The molecule has 0 aliphatic carbocycles. The van der Waals surface area contributed by atoms with E-state index in [0.29, 0.717) is 23.5 Å². The predicted octanol–water partition coefficient (Wildman–Crippen LogP) is 4.37. The van der Waals surface area contributed by atoms with E-state index in [1.54, 1.807) is 6.07 Å². The van der Waals surface area contributed by atoms with Crippen molar-refractivity contribution in [1.82, 2.24) is 9.97 Å². The van der Waals surface area contributed by atoms with E-state index in [4.69, 9.17) is 0 Å². The fraction of sp³-hybridized carbons (Fsp3) is 0.421. The summed E-state index contributed by atoms with van der Waals surface area (Å²) in [6, 6.07) is 8.04. The van der Waals surface area contributed by atoms with Gasteiger partial charge in [-0.1, -0.05) is 39.0 Å². The Balaban J connectivity index is 2.23. The van der Waals surface area contributed by atoms with Crippen LogP contribution in [0, 0.1) is 6.92 Å². The van der Waals surface area contributed by atoms with Crippen molar-refractivity contribution in [3.63, 3.8) is 0 Å². The molecule has 128 valence electrons. The number of carbonyl (C=O) groups excluding carboxylic acids is 1. The van der Waals surface area contributed by atoms with Crippen molar-refractivity contribution in [2.75, 3.05) is 10.6 Å². The van der Waals surface area contributed by atoms with Crippen LogP contribution in [0.25, 0.3) is 0 Å². The van der Waals surface area contributed by atoms with Gasteiger partial charge in [0.1, 0.15) is 17.8 Å². The van der Waals surface area contributed by atoms with Crippen LogP contribution >= 0.6 is 0 Å². The number of nitrogens with one attached hydrogen (secondary N) is 2. The van der Waals surface area contributed by atoms with E-state index in [2.05, 4.69) is 48.3 Å².